The molecule has 3 rings (SSSR count). The summed E-state index contributed by atoms with van der Waals surface area (Å²) in [6, 6.07) is 3.65. The lowest BCUT2D eigenvalue weighted by atomic mass is 10.0. The van der Waals surface area contributed by atoms with Crippen LogP contribution in [0, 0.1) is 6.92 Å². The van der Waals surface area contributed by atoms with Crippen LogP contribution >= 0.6 is 0 Å². The first-order valence-corrected chi connectivity index (χ1v) is 7.13. The molecule has 2 heterocycles. The van der Waals surface area contributed by atoms with E-state index < -0.39 is 0 Å². The highest BCUT2D eigenvalue weighted by atomic mass is 16.1. The van der Waals surface area contributed by atoms with E-state index in [1.165, 1.54) is 4.57 Å². The van der Waals surface area contributed by atoms with Crippen LogP contribution in [-0.2, 0) is 14.1 Å². The van der Waals surface area contributed by atoms with Crippen LogP contribution in [0.25, 0.3) is 22.4 Å². The van der Waals surface area contributed by atoms with E-state index >= 15 is 0 Å². The monoisotopic (exact) mass is 297 g/mol. The van der Waals surface area contributed by atoms with E-state index in [4.69, 9.17) is 5.73 Å². The van der Waals surface area contributed by atoms with Gasteiger partial charge in [-0.3, -0.25) is 9.36 Å². The van der Waals surface area contributed by atoms with Crippen LogP contribution in [0.3, 0.4) is 0 Å². The van der Waals surface area contributed by atoms with E-state index in [-0.39, 0.29) is 11.6 Å². The number of fused-ring (bicyclic) bond motifs is 1. The number of nitrogens with two attached hydrogens (primary N) is 1. The smallest absolute Gasteiger partial charge is 0.261 e. The third kappa shape index (κ3) is 2.21. The molecule has 0 saturated carbocycles. The van der Waals surface area contributed by atoms with Crippen LogP contribution in [0.4, 0.5) is 0 Å². The van der Waals surface area contributed by atoms with Gasteiger partial charge in [-0.2, -0.15) is 0 Å². The van der Waals surface area contributed by atoms with Crippen molar-refractivity contribution in [3.05, 3.63) is 46.1 Å². The summed E-state index contributed by atoms with van der Waals surface area (Å²) in [5.41, 5.74) is 9.18. The number of aryl methyl sites for hydroxylation is 2. The molecular formula is C16H19N5O. The average Bonchev–Trinajstić information content (AvgIpc) is 2.88. The van der Waals surface area contributed by atoms with Crippen LogP contribution < -0.4 is 11.3 Å². The summed E-state index contributed by atoms with van der Waals surface area (Å²) in [5.74, 6) is 0.545. The minimum Gasteiger partial charge on any atom is -0.340 e. The highest BCUT2D eigenvalue weighted by Crippen LogP contribution is 2.24. The van der Waals surface area contributed by atoms with Crippen LogP contribution in [0.15, 0.2) is 29.5 Å². The summed E-state index contributed by atoms with van der Waals surface area (Å²) in [5, 5.41) is 0.592. The van der Waals surface area contributed by atoms with Gasteiger partial charge in [0.1, 0.15) is 5.69 Å². The van der Waals surface area contributed by atoms with Gasteiger partial charge in [0.05, 0.1) is 17.2 Å². The molecule has 0 radical (unpaired) electrons. The molecule has 0 amide bonds. The Morgan fingerprint density at radius 2 is 2.00 bits per heavy atom. The van der Waals surface area contributed by atoms with Crippen LogP contribution in [-0.4, -0.2) is 19.1 Å². The Kier molecular flexibility index (Phi) is 3.33. The minimum absolute atomic E-state index is 0.0868. The number of imidazole rings is 1. The molecular weight excluding hydrogens is 278 g/mol. The molecule has 0 unspecified atom stereocenters. The molecule has 3 aromatic rings. The van der Waals surface area contributed by atoms with Crippen molar-refractivity contribution < 1.29 is 0 Å². The molecule has 0 bridgehead atoms. The minimum atomic E-state index is -0.196. The molecule has 0 aliphatic heterocycles. The Hall–Kier alpha value is -2.47. The predicted octanol–water partition coefficient (Wildman–Crippen LogP) is 1.66. The summed E-state index contributed by atoms with van der Waals surface area (Å²) in [6.07, 6.45) is 3.53. The second-order valence-electron chi connectivity index (χ2n) is 5.76. The first-order valence-electron chi connectivity index (χ1n) is 7.13. The topological polar surface area (TPSA) is 78.7 Å². The van der Waals surface area contributed by atoms with Gasteiger partial charge in [-0.15, -0.1) is 0 Å². The van der Waals surface area contributed by atoms with Crippen molar-refractivity contribution in [2.45, 2.75) is 19.9 Å². The first-order chi connectivity index (χ1) is 10.4. The number of aromatic nitrogens is 4. The van der Waals surface area contributed by atoms with Crippen molar-refractivity contribution in [2.24, 2.45) is 19.8 Å². The number of hydrogen-bond donors (Lipinski definition) is 1. The zero-order chi connectivity index (χ0) is 16.0. The van der Waals surface area contributed by atoms with E-state index in [1.807, 2.05) is 43.8 Å². The molecule has 0 aliphatic rings. The molecule has 22 heavy (non-hydrogen) atoms. The van der Waals surface area contributed by atoms with E-state index in [9.17, 15) is 4.79 Å². The van der Waals surface area contributed by atoms with E-state index in [1.54, 1.807) is 13.4 Å². The lowest BCUT2D eigenvalue weighted by molar-refractivity contribution is 0.813. The Morgan fingerprint density at radius 3 is 2.59 bits per heavy atom. The maximum atomic E-state index is 12.7. The molecule has 0 spiro atoms. The fourth-order valence-electron chi connectivity index (χ4n) is 2.66. The summed E-state index contributed by atoms with van der Waals surface area (Å²) >= 11 is 0. The summed E-state index contributed by atoms with van der Waals surface area (Å²) < 4.78 is 3.36. The van der Waals surface area contributed by atoms with Crippen LogP contribution in [0.2, 0.25) is 0 Å². The maximum Gasteiger partial charge on any atom is 0.261 e. The number of hydrogen-bond acceptors (Lipinski definition) is 4. The van der Waals surface area contributed by atoms with Crippen molar-refractivity contribution in [1.82, 2.24) is 19.1 Å². The average molecular weight is 297 g/mol. The van der Waals surface area contributed by atoms with E-state index in [2.05, 4.69) is 9.97 Å². The lowest BCUT2D eigenvalue weighted by Gasteiger charge is -2.13. The van der Waals surface area contributed by atoms with Gasteiger partial charge in [-0.1, -0.05) is 6.07 Å². The number of benzene rings is 1. The van der Waals surface area contributed by atoms with Crippen molar-refractivity contribution >= 4 is 10.9 Å². The van der Waals surface area contributed by atoms with Gasteiger partial charge in [-0.05, 0) is 31.0 Å². The molecule has 114 valence electrons. The fraction of sp³-hybridized carbons (Fsp3) is 0.312. The third-order valence-corrected chi connectivity index (χ3v) is 3.78. The van der Waals surface area contributed by atoms with Crippen molar-refractivity contribution in [3.8, 4) is 11.5 Å². The Morgan fingerprint density at radius 1 is 1.27 bits per heavy atom. The van der Waals surface area contributed by atoms with Crippen LogP contribution in [0.5, 0.6) is 0 Å². The van der Waals surface area contributed by atoms with Gasteiger partial charge in [0.15, 0.2) is 5.82 Å². The molecule has 1 atom stereocenters. The van der Waals surface area contributed by atoms with Gasteiger partial charge in [0, 0.05) is 26.3 Å². The Bertz CT molecular complexity index is 920. The lowest BCUT2D eigenvalue weighted by Crippen LogP contribution is -2.22. The van der Waals surface area contributed by atoms with Gasteiger partial charge in [0.2, 0.25) is 0 Å². The maximum absolute atomic E-state index is 12.7. The summed E-state index contributed by atoms with van der Waals surface area (Å²) in [7, 11) is 3.60. The van der Waals surface area contributed by atoms with Crippen molar-refractivity contribution in [3.63, 3.8) is 0 Å². The fourth-order valence-corrected chi connectivity index (χ4v) is 2.66. The number of nitrogens with zero attached hydrogens (tertiary/aromatic N) is 4. The normalized spacial score (nSPS) is 12.8. The van der Waals surface area contributed by atoms with E-state index in [0.717, 1.165) is 11.1 Å². The predicted molar refractivity (Wildman–Crippen MR) is 86.5 cm³/mol. The quantitative estimate of drug-likeness (QED) is 0.780. The standard InChI is InChI=1S/C16H19N5O/c1-9-5-11(10(2)17)14-12(6-9)16(22)21(4)15(19-14)13-7-20(3)8-18-13/h5-8,10H,17H2,1-4H3/t10-/m1/s1. The second kappa shape index (κ2) is 5.06. The highest BCUT2D eigenvalue weighted by Gasteiger charge is 2.16. The van der Waals surface area contributed by atoms with Crippen molar-refractivity contribution in [1.29, 1.82) is 0 Å². The van der Waals surface area contributed by atoms with Gasteiger partial charge in [0.25, 0.3) is 5.56 Å². The molecule has 1 aromatic carbocycles. The zero-order valence-electron chi connectivity index (χ0n) is 13.2. The Balaban J connectivity index is 2.42. The molecule has 2 N–H and O–H groups in total. The second-order valence-corrected chi connectivity index (χ2v) is 5.76. The summed E-state index contributed by atoms with van der Waals surface area (Å²) in [4.78, 5) is 21.7. The SMILES string of the molecule is Cc1cc([C@@H](C)N)c2nc(-c3cn(C)cn3)n(C)c(=O)c2c1. The first kappa shape index (κ1) is 14.5. The molecule has 0 saturated heterocycles. The van der Waals surface area contributed by atoms with Gasteiger partial charge in [-0.25, -0.2) is 9.97 Å². The summed E-state index contributed by atoms with van der Waals surface area (Å²) in [6.45, 7) is 3.85. The third-order valence-electron chi connectivity index (χ3n) is 3.78. The molecule has 6 nitrogen and oxygen atoms in total. The molecule has 0 aliphatic carbocycles. The van der Waals surface area contributed by atoms with Gasteiger partial charge >= 0.3 is 0 Å². The molecule has 2 aromatic heterocycles. The van der Waals surface area contributed by atoms with E-state index in [0.29, 0.717) is 22.4 Å². The molecule has 6 heteroatoms. The van der Waals surface area contributed by atoms with Gasteiger partial charge < -0.3 is 10.3 Å². The molecule has 0 fully saturated rings. The highest BCUT2D eigenvalue weighted by molar-refractivity contribution is 5.83. The zero-order valence-corrected chi connectivity index (χ0v) is 13.2. The number of rotatable bonds is 2. The largest absolute Gasteiger partial charge is 0.340 e. The Labute approximate surface area is 128 Å². The van der Waals surface area contributed by atoms with Crippen LogP contribution in [0.1, 0.15) is 24.1 Å². The van der Waals surface area contributed by atoms with Crippen molar-refractivity contribution in [2.75, 3.05) is 0 Å².